The minimum atomic E-state index is -0.0740. The highest BCUT2D eigenvalue weighted by atomic mass is 79.9. The molecule has 0 unspecified atom stereocenters. The van der Waals surface area contributed by atoms with Gasteiger partial charge in [-0.2, -0.15) is 0 Å². The molecule has 19 heavy (non-hydrogen) atoms. The number of ketones is 1. The number of halogens is 3. The van der Waals surface area contributed by atoms with Crippen LogP contribution < -0.4 is 4.74 Å². The molecule has 0 radical (unpaired) electrons. The van der Waals surface area contributed by atoms with Crippen LogP contribution in [0.2, 0.25) is 0 Å². The highest BCUT2D eigenvalue weighted by Gasteiger charge is 2.12. The van der Waals surface area contributed by atoms with Gasteiger partial charge in [-0.1, -0.05) is 40.2 Å². The van der Waals surface area contributed by atoms with Crippen LogP contribution in [0.4, 0.5) is 0 Å². The molecule has 0 bridgehead atoms. The molecule has 2 nitrogen and oxygen atoms in total. The highest BCUT2D eigenvalue weighted by Crippen LogP contribution is 2.33. The maximum Gasteiger partial charge on any atom is 0.201 e. The Morgan fingerprint density at radius 2 is 1.47 bits per heavy atom. The molecule has 0 fully saturated rings. The summed E-state index contributed by atoms with van der Waals surface area (Å²) in [6.45, 7) is -0.0101. The second-order valence-electron chi connectivity index (χ2n) is 3.74. The Morgan fingerprint density at radius 1 is 0.895 bits per heavy atom. The van der Waals surface area contributed by atoms with Crippen LogP contribution in [-0.2, 0) is 0 Å². The van der Waals surface area contributed by atoms with Gasteiger partial charge in [0.2, 0.25) is 5.78 Å². The number of carbonyl (C=O) groups excluding carboxylic acids is 1. The molecule has 0 N–H and O–H groups in total. The molecule has 0 aromatic heterocycles. The standard InChI is InChI=1S/C14H9Br3O2/c15-10-5-2-1-4-9(10)13(18)8-19-14-11(16)6-3-7-12(14)17/h1-7H,8H2. The third-order valence-electron chi connectivity index (χ3n) is 2.44. The summed E-state index contributed by atoms with van der Waals surface area (Å²) in [5.74, 6) is 0.554. The van der Waals surface area contributed by atoms with Crippen molar-refractivity contribution in [3.63, 3.8) is 0 Å². The maximum atomic E-state index is 12.1. The molecular formula is C14H9Br3O2. The molecule has 2 rings (SSSR count). The lowest BCUT2D eigenvalue weighted by Gasteiger charge is -2.10. The van der Waals surface area contributed by atoms with Gasteiger partial charge in [-0.25, -0.2) is 0 Å². The first-order chi connectivity index (χ1) is 9.09. The van der Waals surface area contributed by atoms with E-state index in [4.69, 9.17) is 4.74 Å². The van der Waals surface area contributed by atoms with Gasteiger partial charge in [0, 0.05) is 10.0 Å². The molecule has 0 saturated carbocycles. The lowest BCUT2D eigenvalue weighted by molar-refractivity contribution is 0.0919. The SMILES string of the molecule is O=C(COc1c(Br)cccc1Br)c1ccccc1Br. The van der Waals surface area contributed by atoms with E-state index in [1.165, 1.54) is 0 Å². The highest BCUT2D eigenvalue weighted by molar-refractivity contribution is 9.11. The second-order valence-corrected chi connectivity index (χ2v) is 6.31. The predicted octanol–water partition coefficient (Wildman–Crippen LogP) is 5.24. The molecule has 0 saturated heterocycles. The molecule has 0 aliphatic rings. The topological polar surface area (TPSA) is 26.3 Å². The Kier molecular flexibility index (Phi) is 5.19. The van der Waals surface area contributed by atoms with Crippen LogP contribution >= 0.6 is 47.8 Å². The van der Waals surface area contributed by atoms with E-state index >= 15 is 0 Å². The predicted molar refractivity (Wildman–Crippen MR) is 85.8 cm³/mol. The van der Waals surface area contributed by atoms with Gasteiger partial charge in [0.15, 0.2) is 6.61 Å². The van der Waals surface area contributed by atoms with Crippen molar-refractivity contribution in [1.29, 1.82) is 0 Å². The first kappa shape index (κ1) is 14.8. The Morgan fingerprint density at radius 3 is 2.11 bits per heavy atom. The van der Waals surface area contributed by atoms with Crippen LogP contribution in [0.1, 0.15) is 10.4 Å². The number of benzene rings is 2. The Hall–Kier alpha value is -0.650. The lowest BCUT2D eigenvalue weighted by Crippen LogP contribution is -2.12. The van der Waals surface area contributed by atoms with E-state index in [0.717, 1.165) is 13.4 Å². The fraction of sp³-hybridized carbons (Fsp3) is 0.0714. The summed E-state index contributed by atoms with van der Waals surface area (Å²) in [6, 6.07) is 12.9. The Bertz CT molecular complexity index is 591. The van der Waals surface area contributed by atoms with Crippen LogP contribution in [0.25, 0.3) is 0 Å². The minimum absolute atomic E-state index is 0.0101. The summed E-state index contributed by atoms with van der Waals surface area (Å²) in [7, 11) is 0. The van der Waals surface area contributed by atoms with Crippen molar-refractivity contribution in [1.82, 2.24) is 0 Å². The van der Waals surface area contributed by atoms with Gasteiger partial charge in [-0.15, -0.1) is 0 Å². The summed E-state index contributed by atoms with van der Waals surface area (Å²) in [4.78, 5) is 12.1. The molecule has 0 aliphatic heterocycles. The third kappa shape index (κ3) is 3.68. The molecule has 0 spiro atoms. The molecule has 98 valence electrons. The minimum Gasteiger partial charge on any atom is -0.483 e. The fourth-order valence-electron chi connectivity index (χ4n) is 1.52. The summed E-state index contributed by atoms with van der Waals surface area (Å²) >= 11 is 10.1. The van der Waals surface area contributed by atoms with Gasteiger partial charge >= 0.3 is 0 Å². The molecule has 0 aliphatic carbocycles. The summed E-state index contributed by atoms with van der Waals surface area (Å²) in [5.41, 5.74) is 0.616. The second kappa shape index (κ2) is 6.68. The molecule has 0 amide bonds. The average molecular weight is 449 g/mol. The normalized spacial score (nSPS) is 10.3. The zero-order chi connectivity index (χ0) is 13.8. The molecule has 0 heterocycles. The monoisotopic (exact) mass is 446 g/mol. The van der Waals surface area contributed by atoms with E-state index in [1.54, 1.807) is 6.07 Å². The average Bonchev–Trinajstić information content (AvgIpc) is 2.38. The van der Waals surface area contributed by atoms with Crippen LogP contribution in [0, 0.1) is 0 Å². The quantitative estimate of drug-likeness (QED) is 0.598. The fourth-order valence-corrected chi connectivity index (χ4v) is 3.26. The van der Waals surface area contributed by atoms with Crippen molar-refractivity contribution in [2.75, 3.05) is 6.61 Å². The largest absolute Gasteiger partial charge is 0.483 e. The smallest absolute Gasteiger partial charge is 0.201 e. The first-order valence-corrected chi connectivity index (χ1v) is 7.82. The van der Waals surface area contributed by atoms with Gasteiger partial charge in [-0.3, -0.25) is 4.79 Å². The summed E-state index contributed by atoms with van der Waals surface area (Å²) in [6.07, 6.45) is 0. The number of para-hydroxylation sites is 1. The molecule has 5 heteroatoms. The van der Waals surface area contributed by atoms with E-state index in [-0.39, 0.29) is 12.4 Å². The number of Topliss-reactive ketones (excluding diaryl/α,β-unsaturated/α-hetero) is 1. The van der Waals surface area contributed by atoms with Crippen molar-refractivity contribution >= 4 is 53.6 Å². The zero-order valence-electron chi connectivity index (χ0n) is 9.70. The van der Waals surface area contributed by atoms with Crippen molar-refractivity contribution < 1.29 is 9.53 Å². The van der Waals surface area contributed by atoms with Crippen molar-refractivity contribution in [3.05, 3.63) is 61.4 Å². The van der Waals surface area contributed by atoms with Gasteiger partial charge < -0.3 is 4.74 Å². The van der Waals surface area contributed by atoms with Crippen LogP contribution in [0.15, 0.2) is 55.9 Å². The third-order valence-corrected chi connectivity index (χ3v) is 4.38. The number of hydrogen-bond acceptors (Lipinski definition) is 2. The number of rotatable bonds is 4. The lowest BCUT2D eigenvalue weighted by atomic mass is 10.1. The summed E-state index contributed by atoms with van der Waals surface area (Å²) in [5, 5.41) is 0. The van der Waals surface area contributed by atoms with Crippen molar-refractivity contribution in [2.24, 2.45) is 0 Å². The van der Waals surface area contributed by atoms with Gasteiger partial charge in [0.05, 0.1) is 8.95 Å². The number of carbonyl (C=O) groups is 1. The van der Waals surface area contributed by atoms with Crippen LogP contribution in [0.5, 0.6) is 5.75 Å². The molecule has 2 aromatic carbocycles. The van der Waals surface area contributed by atoms with E-state index in [9.17, 15) is 4.79 Å². The van der Waals surface area contributed by atoms with E-state index in [1.807, 2.05) is 36.4 Å². The van der Waals surface area contributed by atoms with E-state index in [0.29, 0.717) is 11.3 Å². The maximum absolute atomic E-state index is 12.1. The molecule has 0 atom stereocenters. The van der Waals surface area contributed by atoms with E-state index in [2.05, 4.69) is 47.8 Å². The summed E-state index contributed by atoms with van der Waals surface area (Å²) < 4.78 is 7.96. The molecule has 2 aromatic rings. The van der Waals surface area contributed by atoms with Crippen molar-refractivity contribution in [3.8, 4) is 5.75 Å². The molecular weight excluding hydrogens is 440 g/mol. The van der Waals surface area contributed by atoms with Crippen molar-refractivity contribution in [2.45, 2.75) is 0 Å². The number of hydrogen-bond donors (Lipinski definition) is 0. The Balaban J connectivity index is 2.11. The van der Waals surface area contributed by atoms with Crippen LogP contribution in [-0.4, -0.2) is 12.4 Å². The zero-order valence-corrected chi connectivity index (χ0v) is 14.5. The van der Waals surface area contributed by atoms with Gasteiger partial charge in [0.1, 0.15) is 5.75 Å². The first-order valence-electron chi connectivity index (χ1n) is 5.44. The number of ether oxygens (including phenoxy) is 1. The van der Waals surface area contributed by atoms with E-state index < -0.39 is 0 Å². The van der Waals surface area contributed by atoms with Gasteiger partial charge in [0.25, 0.3) is 0 Å². The van der Waals surface area contributed by atoms with Crippen LogP contribution in [0.3, 0.4) is 0 Å². The Labute approximate surface area is 136 Å². The van der Waals surface area contributed by atoms with Gasteiger partial charge in [-0.05, 0) is 50.1 Å².